The number of hydrogen-bond donors (Lipinski definition) is 1. The second-order valence-electron chi connectivity index (χ2n) is 5.74. The zero-order valence-electron chi connectivity index (χ0n) is 13.7. The molecule has 1 aromatic carbocycles. The van der Waals surface area contributed by atoms with E-state index in [-0.39, 0.29) is 11.2 Å². The minimum atomic E-state index is -0.0512. The van der Waals surface area contributed by atoms with Gasteiger partial charge in [0.2, 0.25) is 5.43 Å². The summed E-state index contributed by atoms with van der Waals surface area (Å²) in [6.45, 7) is 2.63. The van der Waals surface area contributed by atoms with Gasteiger partial charge in [-0.1, -0.05) is 6.07 Å². The van der Waals surface area contributed by atoms with Gasteiger partial charge < -0.3 is 23.9 Å². The molecule has 0 aliphatic carbocycles. The predicted molar refractivity (Wildman–Crippen MR) is 97.0 cm³/mol. The van der Waals surface area contributed by atoms with E-state index in [1.807, 2.05) is 10.3 Å². The molecule has 0 atom stereocenters. The van der Waals surface area contributed by atoms with E-state index in [4.69, 9.17) is 13.9 Å². The fourth-order valence-electron chi connectivity index (χ4n) is 2.91. The van der Waals surface area contributed by atoms with Crippen molar-refractivity contribution in [2.24, 2.45) is 0 Å². The summed E-state index contributed by atoms with van der Waals surface area (Å²) in [6, 6.07) is 6.63. The Morgan fingerprint density at radius 1 is 1.24 bits per heavy atom. The molecule has 2 aromatic heterocycles. The largest absolute Gasteiger partial charge is 0.504 e. The zero-order valence-corrected chi connectivity index (χ0v) is 14.5. The van der Waals surface area contributed by atoms with Crippen molar-refractivity contribution in [3.8, 4) is 22.6 Å². The van der Waals surface area contributed by atoms with E-state index in [0.29, 0.717) is 48.2 Å². The Hall–Kier alpha value is -2.51. The van der Waals surface area contributed by atoms with E-state index in [0.717, 1.165) is 11.1 Å². The molecule has 1 fully saturated rings. The first-order valence-electron chi connectivity index (χ1n) is 7.93. The van der Waals surface area contributed by atoms with Gasteiger partial charge in [-0.25, -0.2) is 0 Å². The highest BCUT2D eigenvalue weighted by Crippen LogP contribution is 2.38. The first kappa shape index (κ1) is 16.0. The van der Waals surface area contributed by atoms with Gasteiger partial charge in [0.25, 0.3) is 0 Å². The Kier molecular flexibility index (Phi) is 4.10. The highest BCUT2D eigenvalue weighted by molar-refractivity contribution is 7.17. The molecule has 1 N–H and O–H groups in total. The average molecular weight is 359 g/mol. The Balaban J connectivity index is 1.85. The van der Waals surface area contributed by atoms with Crippen molar-refractivity contribution < 1.29 is 19.0 Å². The minimum Gasteiger partial charge on any atom is -0.504 e. The molecule has 0 radical (unpaired) electrons. The highest BCUT2D eigenvalue weighted by atomic mass is 32.1. The predicted octanol–water partition coefficient (Wildman–Crippen LogP) is 3.07. The fraction of sp³-hybridized carbons (Fsp3) is 0.278. The molecule has 1 saturated heterocycles. The van der Waals surface area contributed by atoms with Crippen LogP contribution in [0.4, 0.5) is 5.88 Å². The third-order valence-electron chi connectivity index (χ3n) is 4.24. The van der Waals surface area contributed by atoms with E-state index >= 15 is 0 Å². The molecule has 0 saturated carbocycles. The normalized spacial score (nSPS) is 14.8. The lowest BCUT2D eigenvalue weighted by atomic mass is 10.1. The number of aromatic hydroxyl groups is 1. The van der Waals surface area contributed by atoms with Gasteiger partial charge in [-0.2, -0.15) is 0 Å². The van der Waals surface area contributed by atoms with Crippen molar-refractivity contribution in [1.82, 2.24) is 0 Å². The van der Waals surface area contributed by atoms with Crippen molar-refractivity contribution in [3.63, 3.8) is 0 Å². The molecule has 3 aromatic rings. The Bertz CT molecular complexity index is 971. The van der Waals surface area contributed by atoms with Gasteiger partial charge in [-0.15, -0.1) is 11.3 Å². The van der Waals surface area contributed by atoms with Crippen LogP contribution in [0.25, 0.3) is 21.4 Å². The molecular formula is C18H17NO5S. The van der Waals surface area contributed by atoms with E-state index in [9.17, 15) is 9.90 Å². The number of rotatable bonds is 3. The van der Waals surface area contributed by atoms with Crippen LogP contribution in [0.5, 0.6) is 11.5 Å². The van der Waals surface area contributed by atoms with E-state index in [1.54, 1.807) is 24.3 Å². The average Bonchev–Trinajstić information content (AvgIpc) is 3.07. The summed E-state index contributed by atoms with van der Waals surface area (Å²) in [5, 5.41) is 11.7. The number of phenolic OH excluding ortho intramolecular Hbond substituents is 1. The molecular weight excluding hydrogens is 342 g/mol. The van der Waals surface area contributed by atoms with Gasteiger partial charge in [-0.05, 0) is 17.7 Å². The first-order chi connectivity index (χ1) is 12.2. The summed E-state index contributed by atoms with van der Waals surface area (Å²) in [5.74, 6) is 1.01. The second kappa shape index (κ2) is 6.42. The fourth-order valence-corrected chi connectivity index (χ4v) is 3.83. The number of thiophene rings is 1. The van der Waals surface area contributed by atoms with Crippen LogP contribution >= 0.6 is 11.3 Å². The molecule has 0 unspecified atom stereocenters. The standard InChI is InChI=1S/C18H17NO5S/c1-22-15-8-11(2-3-13(15)20)12-10-25-18-14(21)9-16(24-17(12)18)19-4-6-23-7-5-19/h2-3,8-10,20H,4-7H2,1H3. The van der Waals surface area contributed by atoms with Crippen LogP contribution in [0.15, 0.2) is 38.9 Å². The molecule has 3 heterocycles. The monoisotopic (exact) mass is 359 g/mol. The molecule has 130 valence electrons. The third kappa shape index (κ3) is 2.85. The molecule has 7 heteroatoms. The maximum absolute atomic E-state index is 12.5. The van der Waals surface area contributed by atoms with E-state index in [2.05, 4.69) is 0 Å². The Labute approximate surface area is 147 Å². The molecule has 1 aliphatic heterocycles. The number of benzene rings is 1. The van der Waals surface area contributed by atoms with E-state index in [1.165, 1.54) is 18.4 Å². The molecule has 25 heavy (non-hydrogen) atoms. The van der Waals surface area contributed by atoms with Crippen LogP contribution in [-0.2, 0) is 4.74 Å². The SMILES string of the molecule is COc1cc(-c2csc3c(=O)cc(N4CCOCC4)oc23)ccc1O. The van der Waals surface area contributed by atoms with Crippen molar-refractivity contribution >= 4 is 27.5 Å². The summed E-state index contributed by atoms with van der Waals surface area (Å²) >= 11 is 1.36. The van der Waals surface area contributed by atoms with Gasteiger partial charge in [0.15, 0.2) is 23.0 Å². The van der Waals surface area contributed by atoms with Crippen LogP contribution in [0.3, 0.4) is 0 Å². The number of hydrogen-bond acceptors (Lipinski definition) is 7. The molecule has 0 amide bonds. The number of anilines is 1. The summed E-state index contributed by atoms with van der Waals surface area (Å²) < 4.78 is 17.2. The number of phenols is 1. The Morgan fingerprint density at radius 2 is 2.04 bits per heavy atom. The van der Waals surface area contributed by atoms with Gasteiger partial charge in [-0.3, -0.25) is 4.79 Å². The topological polar surface area (TPSA) is 72.1 Å². The van der Waals surface area contributed by atoms with Gasteiger partial charge >= 0.3 is 0 Å². The van der Waals surface area contributed by atoms with Crippen LogP contribution in [0.2, 0.25) is 0 Å². The number of morpholine rings is 1. The smallest absolute Gasteiger partial charge is 0.204 e. The lowest BCUT2D eigenvalue weighted by Crippen LogP contribution is -2.36. The minimum absolute atomic E-state index is 0.0512. The van der Waals surface area contributed by atoms with Crippen molar-refractivity contribution in [3.05, 3.63) is 39.9 Å². The van der Waals surface area contributed by atoms with E-state index < -0.39 is 0 Å². The van der Waals surface area contributed by atoms with Gasteiger partial charge in [0.05, 0.1) is 20.3 Å². The summed E-state index contributed by atoms with van der Waals surface area (Å²) in [7, 11) is 1.50. The van der Waals surface area contributed by atoms with Crippen LogP contribution in [-0.4, -0.2) is 38.5 Å². The van der Waals surface area contributed by atoms with Crippen molar-refractivity contribution in [2.75, 3.05) is 38.3 Å². The number of nitrogens with zero attached hydrogens (tertiary/aromatic N) is 1. The summed E-state index contributed by atoms with van der Waals surface area (Å²) in [6.07, 6.45) is 0. The van der Waals surface area contributed by atoms with Gasteiger partial charge in [0.1, 0.15) is 4.70 Å². The molecule has 6 nitrogen and oxygen atoms in total. The van der Waals surface area contributed by atoms with Crippen LogP contribution in [0.1, 0.15) is 0 Å². The summed E-state index contributed by atoms with van der Waals surface area (Å²) in [4.78, 5) is 14.5. The van der Waals surface area contributed by atoms with Crippen molar-refractivity contribution in [2.45, 2.75) is 0 Å². The van der Waals surface area contributed by atoms with Gasteiger partial charge in [0, 0.05) is 30.1 Å². The molecule has 1 aliphatic rings. The maximum Gasteiger partial charge on any atom is 0.204 e. The number of fused-ring (bicyclic) bond motifs is 1. The Morgan fingerprint density at radius 3 is 2.80 bits per heavy atom. The maximum atomic E-state index is 12.5. The first-order valence-corrected chi connectivity index (χ1v) is 8.81. The molecule has 4 rings (SSSR count). The van der Waals surface area contributed by atoms with Crippen molar-refractivity contribution in [1.29, 1.82) is 0 Å². The lowest BCUT2D eigenvalue weighted by Gasteiger charge is -2.27. The second-order valence-corrected chi connectivity index (χ2v) is 6.62. The zero-order chi connectivity index (χ0) is 17.4. The number of ether oxygens (including phenoxy) is 2. The van der Waals surface area contributed by atoms with Crippen LogP contribution in [0, 0.1) is 0 Å². The van der Waals surface area contributed by atoms with Crippen LogP contribution < -0.4 is 15.1 Å². The molecule has 0 spiro atoms. The lowest BCUT2D eigenvalue weighted by molar-refractivity contribution is 0.121. The molecule has 0 bridgehead atoms. The third-order valence-corrected chi connectivity index (χ3v) is 5.22. The number of methoxy groups -OCH3 is 1. The summed E-state index contributed by atoms with van der Waals surface area (Å²) in [5.41, 5.74) is 2.14. The highest BCUT2D eigenvalue weighted by Gasteiger charge is 2.19. The quantitative estimate of drug-likeness (QED) is 0.775.